The van der Waals surface area contributed by atoms with E-state index < -0.39 is 41.6 Å². The summed E-state index contributed by atoms with van der Waals surface area (Å²) in [6.07, 6.45) is -4.49. The molecule has 1 amide bonds. The Labute approximate surface area is 144 Å². The Kier molecular flexibility index (Phi) is 5.63. The largest absolute Gasteiger partial charge is 0.452 e. The third kappa shape index (κ3) is 5.18. The van der Waals surface area contributed by atoms with Crippen molar-refractivity contribution in [1.82, 2.24) is 0 Å². The van der Waals surface area contributed by atoms with E-state index in [1.807, 2.05) is 0 Å². The first-order valence-corrected chi connectivity index (χ1v) is 7.14. The lowest BCUT2D eigenvalue weighted by Crippen LogP contribution is -2.21. The van der Waals surface area contributed by atoms with Gasteiger partial charge in [-0.25, -0.2) is 9.18 Å². The monoisotopic (exact) mass is 375 g/mol. The number of nitrogens with one attached hydrogen (secondary N) is 1. The third-order valence-electron chi connectivity index (χ3n) is 2.98. The molecule has 0 saturated carbocycles. The van der Waals surface area contributed by atoms with E-state index in [1.54, 1.807) is 0 Å². The van der Waals surface area contributed by atoms with Crippen LogP contribution in [0.25, 0.3) is 0 Å². The van der Waals surface area contributed by atoms with Crippen LogP contribution in [0.4, 0.5) is 23.2 Å². The van der Waals surface area contributed by atoms with Crippen LogP contribution < -0.4 is 5.32 Å². The maximum Gasteiger partial charge on any atom is 0.416 e. The second kappa shape index (κ2) is 7.52. The zero-order valence-corrected chi connectivity index (χ0v) is 13.1. The number of hydrogen-bond donors (Lipinski definition) is 1. The molecule has 0 saturated heterocycles. The molecule has 0 atom stereocenters. The van der Waals surface area contributed by atoms with Gasteiger partial charge in [-0.1, -0.05) is 11.6 Å². The highest BCUT2D eigenvalue weighted by molar-refractivity contribution is 6.30. The van der Waals surface area contributed by atoms with E-state index in [0.717, 1.165) is 36.4 Å². The van der Waals surface area contributed by atoms with Gasteiger partial charge in [0.05, 0.1) is 11.1 Å². The summed E-state index contributed by atoms with van der Waals surface area (Å²) in [7, 11) is 0. The minimum absolute atomic E-state index is 0.0896. The Morgan fingerprint density at radius 3 is 2.28 bits per heavy atom. The standard InChI is InChI=1S/C16H10ClF4NO3/c17-10-3-6-12(13(18)7-10)15(24)25-8-14(23)22-11-4-1-9(2-5-11)16(19,20)21/h1-7H,8H2,(H,22,23). The first-order chi connectivity index (χ1) is 11.7. The summed E-state index contributed by atoms with van der Waals surface area (Å²) in [6, 6.07) is 7.01. The Balaban J connectivity index is 1.91. The minimum Gasteiger partial charge on any atom is -0.452 e. The zero-order chi connectivity index (χ0) is 18.6. The molecular weight excluding hydrogens is 366 g/mol. The fourth-order valence-corrected chi connectivity index (χ4v) is 1.96. The van der Waals surface area contributed by atoms with Gasteiger partial charge in [0.2, 0.25) is 0 Å². The van der Waals surface area contributed by atoms with Gasteiger partial charge in [0.1, 0.15) is 5.82 Å². The first-order valence-electron chi connectivity index (χ1n) is 6.76. The zero-order valence-electron chi connectivity index (χ0n) is 12.4. The van der Waals surface area contributed by atoms with Crippen molar-refractivity contribution in [3.63, 3.8) is 0 Å². The van der Waals surface area contributed by atoms with Crippen LogP contribution in [0.1, 0.15) is 15.9 Å². The van der Waals surface area contributed by atoms with Crippen LogP contribution in [0.5, 0.6) is 0 Å². The number of hydrogen-bond acceptors (Lipinski definition) is 3. The fraction of sp³-hybridized carbons (Fsp3) is 0.125. The molecule has 9 heteroatoms. The van der Waals surface area contributed by atoms with Crippen molar-refractivity contribution in [3.05, 3.63) is 64.4 Å². The van der Waals surface area contributed by atoms with E-state index in [0.29, 0.717) is 0 Å². The van der Waals surface area contributed by atoms with E-state index in [1.165, 1.54) is 6.07 Å². The predicted octanol–water partition coefficient (Wildman–Crippen LogP) is 4.29. The van der Waals surface area contributed by atoms with Crippen LogP contribution >= 0.6 is 11.6 Å². The summed E-state index contributed by atoms with van der Waals surface area (Å²) < 4.78 is 55.5. The first kappa shape index (κ1) is 18.7. The van der Waals surface area contributed by atoms with E-state index in [2.05, 4.69) is 10.1 Å². The Bertz CT molecular complexity index is 791. The van der Waals surface area contributed by atoms with Crippen LogP contribution in [0, 0.1) is 5.82 Å². The van der Waals surface area contributed by atoms with Crippen LogP contribution in [0.2, 0.25) is 5.02 Å². The summed E-state index contributed by atoms with van der Waals surface area (Å²) >= 11 is 5.55. The molecule has 0 spiro atoms. The van der Waals surface area contributed by atoms with Gasteiger partial charge in [0.15, 0.2) is 6.61 Å². The number of alkyl halides is 3. The van der Waals surface area contributed by atoms with Crippen molar-refractivity contribution in [2.45, 2.75) is 6.18 Å². The average Bonchev–Trinajstić information content (AvgIpc) is 2.52. The lowest BCUT2D eigenvalue weighted by Gasteiger charge is -2.09. The number of benzene rings is 2. The molecule has 0 bridgehead atoms. The number of ether oxygens (including phenoxy) is 1. The number of halogens is 5. The Hall–Kier alpha value is -2.61. The van der Waals surface area contributed by atoms with Gasteiger partial charge < -0.3 is 10.1 Å². The lowest BCUT2D eigenvalue weighted by atomic mass is 10.2. The molecule has 0 aliphatic carbocycles. The molecule has 2 aromatic rings. The van der Waals surface area contributed by atoms with Gasteiger partial charge in [-0.2, -0.15) is 13.2 Å². The molecule has 0 fully saturated rings. The highest BCUT2D eigenvalue weighted by Gasteiger charge is 2.30. The van der Waals surface area contributed by atoms with E-state index in [-0.39, 0.29) is 10.7 Å². The second-order valence-electron chi connectivity index (χ2n) is 4.82. The van der Waals surface area contributed by atoms with Crippen LogP contribution in [-0.4, -0.2) is 18.5 Å². The van der Waals surface area contributed by atoms with Crippen LogP contribution in [0.3, 0.4) is 0 Å². The number of amides is 1. The maximum absolute atomic E-state index is 13.5. The predicted molar refractivity (Wildman–Crippen MR) is 81.8 cm³/mol. The summed E-state index contributed by atoms with van der Waals surface area (Å²) in [4.78, 5) is 23.3. The molecule has 1 N–H and O–H groups in total. The number of anilines is 1. The van der Waals surface area contributed by atoms with Crippen molar-refractivity contribution in [3.8, 4) is 0 Å². The summed E-state index contributed by atoms with van der Waals surface area (Å²) in [6.45, 7) is -0.734. The SMILES string of the molecule is O=C(COC(=O)c1ccc(Cl)cc1F)Nc1ccc(C(F)(F)F)cc1. The van der Waals surface area contributed by atoms with E-state index in [4.69, 9.17) is 11.6 Å². The summed E-state index contributed by atoms with van der Waals surface area (Å²) in [5.74, 6) is -2.76. The average molecular weight is 376 g/mol. The molecule has 0 unspecified atom stereocenters. The van der Waals surface area contributed by atoms with Crippen molar-refractivity contribution >= 4 is 29.2 Å². The lowest BCUT2D eigenvalue weighted by molar-refractivity contribution is -0.137. The van der Waals surface area contributed by atoms with Crippen LogP contribution in [0.15, 0.2) is 42.5 Å². The molecule has 2 rings (SSSR count). The molecule has 0 radical (unpaired) electrons. The molecule has 132 valence electrons. The van der Waals surface area contributed by atoms with Gasteiger partial charge in [-0.3, -0.25) is 4.79 Å². The smallest absolute Gasteiger partial charge is 0.416 e. The van der Waals surface area contributed by atoms with Crippen LogP contribution in [-0.2, 0) is 15.7 Å². The molecule has 0 aliphatic heterocycles. The topological polar surface area (TPSA) is 55.4 Å². The molecule has 4 nitrogen and oxygen atoms in total. The summed E-state index contributed by atoms with van der Waals surface area (Å²) in [5, 5.41) is 2.34. The molecule has 2 aromatic carbocycles. The molecule has 0 aromatic heterocycles. The van der Waals surface area contributed by atoms with Crippen molar-refractivity contribution < 1.29 is 31.9 Å². The number of esters is 1. The quantitative estimate of drug-likeness (QED) is 0.640. The number of carbonyl (C=O) groups excluding carboxylic acids is 2. The normalized spacial score (nSPS) is 11.1. The van der Waals surface area contributed by atoms with Gasteiger partial charge in [0, 0.05) is 10.7 Å². The van der Waals surface area contributed by atoms with Gasteiger partial charge in [0.25, 0.3) is 5.91 Å². The Morgan fingerprint density at radius 2 is 1.72 bits per heavy atom. The van der Waals surface area contributed by atoms with E-state index in [9.17, 15) is 27.2 Å². The van der Waals surface area contributed by atoms with Crippen molar-refractivity contribution in [2.75, 3.05) is 11.9 Å². The number of carbonyl (C=O) groups is 2. The highest BCUT2D eigenvalue weighted by Crippen LogP contribution is 2.29. The molecule has 0 aliphatic rings. The minimum atomic E-state index is -4.49. The molecular formula is C16H10ClF4NO3. The van der Waals surface area contributed by atoms with Gasteiger partial charge in [-0.15, -0.1) is 0 Å². The van der Waals surface area contributed by atoms with Crippen molar-refractivity contribution in [1.29, 1.82) is 0 Å². The van der Waals surface area contributed by atoms with E-state index >= 15 is 0 Å². The van der Waals surface area contributed by atoms with Gasteiger partial charge >= 0.3 is 12.1 Å². The highest BCUT2D eigenvalue weighted by atomic mass is 35.5. The maximum atomic E-state index is 13.5. The fourth-order valence-electron chi connectivity index (χ4n) is 1.80. The summed E-state index contributed by atoms with van der Waals surface area (Å²) in [5.41, 5.74) is -1.17. The van der Waals surface area contributed by atoms with Gasteiger partial charge in [-0.05, 0) is 42.5 Å². The number of rotatable bonds is 4. The Morgan fingerprint density at radius 1 is 1.08 bits per heavy atom. The molecule has 25 heavy (non-hydrogen) atoms. The second-order valence-corrected chi connectivity index (χ2v) is 5.26. The molecule has 0 heterocycles. The van der Waals surface area contributed by atoms with Crippen molar-refractivity contribution in [2.24, 2.45) is 0 Å². The third-order valence-corrected chi connectivity index (χ3v) is 3.22.